The van der Waals surface area contributed by atoms with Gasteiger partial charge in [-0.2, -0.15) is 0 Å². The zero-order valence-corrected chi connectivity index (χ0v) is 13.3. The highest BCUT2D eigenvalue weighted by Crippen LogP contribution is 2.53. The summed E-state index contributed by atoms with van der Waals surface area (Å²) in [4.78, 5) is 26.4. The van der Waals surface area contributed by atoms with Gasteiger partial charge in [0.25, 0.3) is 0 Å². The Morgan fingerprint density at radius 3 is 1.94 bits per heavy atom. The fraction of sp³-hybridized carbons (Fsp3) is 0.833. The van der Waals surface area contributed by atoms with Gasteiger partial charge in [0, 0.05) is 6.54 Å². The Bertz CT molecular complexity index is 382. The zero-order chi connectivity index (χ0) is 13.2. The summed E-state index contributed by atoms with van der Waals surface area (Å²) in [6.07, 6.45) is -0.337. The highest BCUT2D eigenvalue weighted by atomic mass is 79.9. The van der Waals surface area contributed by atoms with Crippen LogP contribution in [-0.2, 0) is 14.3 Å². The quantitative estimate of drug-likeness (QED) is 0.539. The van der Waals surface area contributed by atoms with Gasteiger partial charge in [-0.15, -0.1) is 0 Å². The number of rotatable bonds is 2. The molecule has 3 aliphatic heterocycles. The molecule has 6 atom stereocenters. The van der Waals surface area contributed by atoms with Gasteiger partial charge in [-0.3, -0.25) is 14.5 Å². The van der Waals surface area contributed by atoms with Gasteiger partial charge < -0.3 is 4.74 Å². The summed E-state index contributed by atoms with van der Waals surface area (Å²) in [5.41, 5.74) is 0. The summed E-state index contributed by atoms with van der Waals surface area (Å²) in [6.45, 7) is 4.55. The molecule has 6 heteroatoms. The van der Waals surface area contributed by atoms with Crippen LogP contribution in [0.3, 0.4) is 0 Å². The van der Waals surface area contributed by atoms with E-state index in [0.717, 1.165) is 0 Å². The standard InChI is InChI=1S/C12H15Br2NO3/c1-4(2)3-15-11(16)5-6(12(15)17)10-8(14)7(13)9(5)18-10/h4-10H,3H2,1-2H3. The predicted octanol–water partition coefficient (Wildman–Crippen LogP) is 1.55. The first-order valence-electron chi connectivity index (χ1n) is 6.22. The van der Waals surface area contributed by atoms with E-state index in [4.69, 9.17) is 4.74 Å². The first kappa shape index (κ1) is 13.1. The van der Waals surface area contributed by atoms with Crippen LogP contribution in [0.15, 0.2) is 0 Å². The van der Waals surface area contributed by atoms with Crippen LogP contribution in [0, 0.1) is 17.8 Å². The molecule has 0 aromatic heterocycles. The molecule has 3 heterocycles. The van der Waals surface area contributed by atoms with Crippen molar-refractivity contribution < 1.29 is 14.3 Å². The number of likely N-dealkylation sites (tertiary alicyclic amines) is 1. The Labute approximate surface area is 123 Å². The SMILES string of the molecule is CC(C)CN1C(=O)C2C3OC(C(Br)C3Br)C2C1=O. The Morgan fingerprint density at radius 2 is 1.56 bits per heavy atom. The summed E-state index contributed by atoms with van der Waals surface area (Å²) in [6, 6.07) is 0. The van der Waals surface area contributed by atoms with E-state index in [1.165, 1.54) is 4.90 Å². The fourth-order valence-corrected chi connectivity index (χ4v) is 4.78. The molecule has 3 aliphatic rings. The van der Waals surface area contributed by atoms with Crippen LogP contribution in [0.2, 0.25) is 0 Å². The fourth-order valence-electron chi connectivity index (χ4n) is 3.27. The number of ether oxygens (including phenoxy) is 1. The van der Waals surface area contributed by atoms with Crippen molar-refractivity contribution in [1.29, 1.82) is 0 Å². The number of hydrogen-bond acceptors (Lipinski definition) is 3. The summed E-state index contributed by atoms with van der Waals surface area (Å²) in [5, 5.41) is 0. The molecule has 18 heavy (non-hydrogen) atoms. The van der Waals surface area contributed by atoms with Crippen LogP contribution >= 0.6 is 31.9 Å². The highest BCUT2D eigenvalue weighted by molar-refractivity contribution is 9.12. The second kappa shape index (κ2) is 4.28. The van der Waals surface area contributed by atoms with Gasteiger partial charge in [0.05, 0.1) is 33.7 Å². The molecule has 2 amide bonds. The summed E-state index contributed by atoms with van der Waals surface area (Å²) in [7, 11) is 0. The summed E-state index contributed by atoms with van der Waals surface area (Å²) in [5.74, 6) is -0.348. The van der Waals surface area contributed by atoms with Gasteiger partial charge in [0.2, 0.25) is 11.8 Å². The lowest BCUT2D eigenvalue weighted by molar-refractivity contribution is -0.143. The van der Waals surface area contributed by atoms with Gasteiger partial charge in [-0.05, 0) is 5.92 Å². The maximum absolute atomic E-state index is 12.4. The van der Waals surface area contributed by atoms with Crippen molar-refractivity contribution in [2.45, 2.75) is 35.7 Å². The lowest BCUT2D eigenvalue weighted by Gasteiger charge is -2.24. The van der Waals surface area contributed by atoms with Crippen LogP contribution < -0.4 is 0 Å². The van der Waals surface area contributed by atoms with Crippen molar-refractivity contribution in [3.8, 4) is 0 Å². The van der Waals surface area contributed by atoms with E-state index in [1.807, 2.05) is 13.8 Å². The molecule has 0 spiro atoms. The van der Waals surface area contributed by atoms with E-state index >= 15 is 0 Å². The average Bonchev–Trinajstić information content (AvgIpc) is 2.88. The van der Waals surface area contributed by atoms with Gasteiger partial charge in [0.1, 0.15) is 0 Å². The number of carbonyl (C=O) groups is 2. The van der Waals surface area contributed by atoms with Crippen LogP contribution in [0.5, 0.6) is 0 Å². The van der Waals surface area contributed by atoms with Crippen LogP contribution in [0.25, 0.3) is 0 Å². The third-order valence-electron chi connectivity index (χ3n) is 3.99. The third kappa shape index (κ3) is 1.58. The van der Waals surface area contributed by atoms with Crippen molar-refractivity contribution in [3.63, 3.8) is 0 Å². The van der Waals surface area contributed by atoms with E-state index < -0.39 is 0 Å². The molecule has 6 unspecified atom stereocenters. The molecule has 3 fully saturated rings. The molecule has 100 valence electrons. The number of imide groups is 1. The van der Waals surface area contributed by atoms with Crippen molar-refractivity contribution >= 4 is 43.7 Å². The number of amides is 2. The summed E-state index contributed by atoms with van der Waals surface area (Å²) < 4.78 is 5.80. The number of hydrogen-bond donors (Lipinski definition) is 0. The van der Waals surface area contributed by atoms with Crippen LogP contribution in [0.4, 0.5) is 0 Å². The van der Waals surface area contributed by atoms with Gasteiger partial charge in [-0.25, -0.2) is 0 Å². The minimum Gasteiger partial charge on any atom is -0.371 e. The average molecular weight is 381 g/mol. The minimum atomic E-state index is -0.278. The Kier molecular flexibility index (Phi) is 3.11. The van der Waals surface area contributed by atoms with E-state index in [0.29, 0.717) is 12.5 Å². The van der Waals surface area contributed by atoms with Crippen LogP contribution in [0.1, 0.15) is 13.8 Å². The molecular weight excluding hydrogens is 366 g/mol. The molecule has 0 saturated carbocycles. The summed E-state index contributed by atoms with van der Waals surface area (Å²) >= 11 is 7.12. The first-order chi connectivity index (χ1) is 8.43. The van der Waals surface area contributed by atoms with E-state index in [2.05, 4.69) is 31.9 Å². The molecule has 3 rings (SSSR count). The normalized spacial score (nSPS) is 46.4. The molecular formula is C12H15Br2NO3. The molecule has 3 saturated heterocycles. The second-order valence-electron chi connectivity index (χ2n) is 5.69. The smallest absolute Gasteiger partial charge is 0.235 e. The van der Waals surface area contributed by atoms with Gasteiger partial charge >= 0.3 is 0 Å². The Hall–Kier alpha value is 0.0600. The van der Waals surface area contributed by atoms with E-state index in [1.54, 1.807) is 0 Å². The molecule has 0 radical (unpaired) electrons. The van der Waals surface area contributed by atoms with Gasteiger partial charge in [0.15, 0.2) is 0 Å². The number of alkyl halides is 2. The van der Waals surface area contributed by atoms with Crippen molar-refractivity contribution in [2.24, 2.45) is 17.8 Å². The zero-order valence-electron chi connectivity index (χ0n) is 10.2. The van der Waals surface area contributed by atoms with Gasteiger partial charge in [-0.1, -0.05) is 45.7 Å². The number of nitrogens with zero attached hydrogens (tertiary/aromatic N) is 1. The number of halogens is 2. The number of carbonyl (C=O) groups excluding carboxylic acids is 2. The Balaban J connectivity index is 1.90. The van der Waals surface area contributed by atoms with E-state index in [9.17, 15) is 9.59 Å². The maximum Gasteiger partial charge on any atom is 0.235 e. The largest absolute Gasteiger partial charge is 0.371 e. The monoisotopic (exact) mass is 379 g/mol. The van der Waals surface area contributed by atoms with Crippen LogP contribution in [-0.4, -0.2) is 45.1 Å². The van der Waals surface area contributed by atoms with Crippen molar-refractivity contribution in [2.75, 3.05) is 6.54 Å². The molecule has 2 bridgehead atoms. The predicted molar refractivity (Wildman–Crippen MR) is 72.6 cm³/mol. The Morgan fingerprint density at radius 1 is 1.11 bits per heavy atom. The molecule has 0 aliphatic carbocycles. The van der Waals surface area contributed by atoms with E-state index in [-0.39, 0.29) is 45.5 Å². The maximum atomic E-state index is 12.4. The third-order valence-corrected chi connectivity index (χ3v) is 6.88. The molecule has 0 N–H and O–H groups in total. The minimum absolute atomic E-state index is 0.0462. The number of fused-ring (bicyclic) bond motifs is 5. The van der Waals surface area contributed by atoms with Crippen molar-refractivity contribution in [1.82, 2.24) is 4.90 Å². The topological polar surface area (TPSA) is 46.6 Å². The van der Waals surface area contributed by atoms with Crippen molar-refractivity contribution in [3.05, 3.63) is 0 Å². The highest BCUT2D eigenvalue weighted by Gasteiger charge is 2.67. The molecule has 0 aromatic rings. The lowest BCUT2D eigenvalue weighted by atomic mass is 9.81. The molecule has 4 nitrogen and oxygen atoms in total. The lowest BCUT2D eigenvalue weighted by Crippen LogP contribution is -2.42. The molecule has 0 aromatic carbocycles. The second-order valence-corrected chi connectivity index (χ2v) is 7.80. The first-order valence-corrected chi connectivity index (χ1v) is 8.05.